The molecule has 3 atom stereocenters. The van der Waals surface area contributed by atoms with Crippen molar-refractivity contribution in [1.82, 2.24) is 4.90 Å². The molecule has 1 saturated heterocycles. The second-order valence-corrected chi connectivity index (χ2v) is 4.71. The van der Waals surface area contributed by atoms with Crippen molar-refractivity contribution >= 4 is 17.5 Å². The van der Waals surface area contributed by atoms with Gasteiger partial charge >= 0.3 is 0 Å². The first-order chi connectivity index (χ1) is 7.10. The van der Waals surface area contributed by atoms with Crippen molar-refractivity contribution in [1.29, 1.82) is 0 Å². The molecule has 88 valence electrons. The van der Waals surface area contributed by atoms with E-state index in [1.54, 1.807) is 4.90 Å². The second-order valence-electron chi connectivity index (χ2n) is 4.18. The molecule has 0 bridgehead atoms. The number of rotatable bonds is 3. The number of likely N-dealkylation sites (tertiary alicyclic amines) is 1. The maximum absolute atomic E-state index is 11.8. The third-order valence-electron chi connectivity index (χ3n) is 3.16. The summed E-state index contributed by atoms with van der Waals surface area (Å²) in [5, 5.41) is 9.29. The number of amides is 1. The van der Waals surface area contributed by atoms with Crippen LogP contribution in [0.2, 0.25) is 0 Å². The van der Waals surface area contributed by atoms with Gasteiger partial charge in [-0.2, -0.15) is 0 Å². The van der Waals surface area contributed by atoms with Gasteiger partial charge in [-0.05, 0) is 19.3 Å². The first-order valence-corrected chi connectivity index (χ1v) is 6.14. The van der Waals surface area contributed by atoms with Crippen molar-refractivity contribution in [3.63, 3.8) is 0 Å². The molecule has 1 aliphatic rings. The van der Waals surface area contributed by atoms with Gasteiger partial charge in [0, 0.05) is 19.0 Å². The fraction of sp³-hybridized carbons (Fsp3) is 0.909. The molecule has 1 fully saturated rings. The second kappa shape index (κ2) is 5.71. The molecule has 0 aromatic rings. The Kier molecular flexibility index (Phi) is 4.87. The highest BCUT2D eigenvalue weighted by atomic mass is 35.5. The Morgan fingerprint density at radius 3 is 2.80 bits per heavy atom. The molecule has 0 saturated carbocycles. The summed E-state index contributed by atoms with van der Waals surface area (Å²) in [6.07, 6.45) is 1.99. The molecule has 4 heteroatoms. The summed E-state index contributed by atoms with van der Waals surface area (Å²) in [6.45, 7) is 5.24. The SMILES string of the molecule is CC[C@@H]1CN(C(=O)[C@@H](Cl)CC)CC[C@H]1O. The molecule has 1 heterocycles. The molecular formula is C11H20ClNO2. The van der Waals surface area contributed by atoms with Gasteiger partial charge in [-0.15, -0.1) is 11.6 Å². The van der Waals surface area contributed by atoms with Crippen molar-refractivity contribution in [2.75, 3.05) is 13.1 Å². The molecule has 0 unspecified atom stereocenters. The number of nitrogens with zero attached hydrogens (tertiary/aromatic N) is 1. The summed E-state index contributed by atoms with van der Waals surface area (Å²) in [4.78, 5) is 13.6. The van der Waals surface area contributed by atoms with Gasteiger partial charge in [0.1, 0.15) is 5.38 Å². The van der Waals surface area contributed by atoms with E-state index in [0.717, 1.165) is 6.42 Å². The highest BCUT2D eigenvalue weighted by Gasteiger charge is 2.30. The Balaban J connectivity index is 2.54. The summed E-state index contributed by atoms with van der Waals surface area (Å²) in [6, 6.07) is 0. The van der Waals surface area contributed by atoms with Gasteiger partial charge in [0.05, 0.1) is 6.10 Å². The highest BCUT2D eigenvalue weighted by molar-refractivity contribution is 6.30. The number of aliphatic hydroxyl groups is 1. The number of alkyl halides is 1. The zero-order chi connectivity index (χ0) is 11.4. The summed E-state index contributed by atoms with van der Waals surface area (Å²) >= 11 is 5.92. The van der Waals surface area contributed by atoms with Crippen molar-refractivity contribution in [3.05, 3.63) is 0 Å². The lowest BCUT2D eigenvalue weighted by molar-refractivity contribution is -0.134. The van der Waals surface area contributed by atoms with E-state index in [4.69, 9.17) is 11.6 Å². The number of hydrogen-bond donors (Lipinski definition) is 1. The summed E-state index contributed by atoms with van der Waals surface area (Å²) < 4.78 is 0. The van der Waals surface area contributed by atoms with Crippen molar-refractivity contribution in [3.8, 4) is 0 Å². The van der Waals surface area contributed by atoms with Gasteiger partial charge in [-0.1, -0.05) is 13.8 Å². The number of carbonyl (C=O) groups excluding carboxylic acids is 1. The van der Waals surface area contributed by atoms with Crippen LogP contribution in [0.1, 0.15) is 33.1 Å². The number of piperidine rings is 1. The molecule has 0 aromatic heterocycles. The number of carbonyl (C=O) groups is 1. The van der Waals surface area contributed by atoms with Crippen LogP contribution < -0.4 is 0 Å². The fourth-order valence-corrected chi connectivity index (χ4v) is 2.13. The predicted octanol–water partition coefficient (Wildman–Crippen LogP) is 1.62. The first kappa shape index (κ1) is 12.8. The van der Waals surface area contributed by atoms with Crippen LogP contribution >= 0.6 is 11.6 Å². The third kappa shape index (κ3) is 3.08. The zero-order valence-electron chi connectivity index (χ0n) is 9.45. The monoisotopic (exact) mass is 233 g/mol. The van der Waals surface area contributed by atoms with Gasteiger partial charge in [-0.25, -0.2) is 0 Å². The molecule has 0 spiro atoms. The maximum Gasteiger partial charge on any atom is 0.240 e. The lowest BCUT2D eigenvalue weighted by atomic mass is 9.92. The van der Waals surface area contributed by atoms with E-state index < -0.39 is 5.38 Å². The van der Waals surface area contributed by atoms with E-state index in [0.29, 0.717) is 25.9 Å². The Bertz CT molecular complexity index is 223. The van der Waals surface area contributed by atoms with Gasteiger partial charge in [0.25, 0.3) is 0 Å². The van der Waals surface area contributed by atoms with Crippen LogP contribution in [0.5, 0.6) is 0 Å². The minimum Gasteiger partial charge on any atom is -0.393 e. The molecule has 1 rings (SSSR count). The van der Waals surface area contributed by atoms with Crippen LogP contribution in [0, 0.1) is 5.92 Å². The van der Waals surface area contributed by atoms with Crippen molar-refractivity contribution < 1.29 is 9.90 Å². The van der Waals surface area contributed by atoms with Crippen LogP contribution in [0.25, 0.3) is 0 Å². The number of aliphatic hydroxyl groups excluding tert-OH is 1. The normalized spacial score (nSPS) is 28.9. The Morgan fingerprint density at radius 1 is 1.60 bits per heavy atom. The first-order valence-electron chi connectivity index (χ1n) is 5.71. The summed E-state index contributed by atoms with van der Waals surface area (Å²) in [5.74, 6) is 0.230. The standard InChI is InChI=1S/C11H20ClNO2/c1-3-8-7-13(6-5-10(8)14)11(15)9(12)4-2/h8-10,14H,3-7H2,1-2H3/t8-,9+,10-/m1/s1. The average Bonchev–Trinajstić information content (AvgIpc) is 2.27. The van der Waals surface area contributed by atoms with Gasteiger partial charge < -0.3 is 10.0 Å². The van der Waals surface area contributed by atoms with Gasteiger partial charge in [-0.3, -0.25) is 4.79 Å². The fourth-order valence-electron chi connectivity index (χ4n) is 1.99. The molecule has 1 amide bonds. The Morgan fingerprint density at radius 2 is 2.27 bits per heavy atom. The number of hydrogen-bond acceptors (Lipinski definition) is 2. The minimum atomic E-state index is -0.405. The zero-order valence-corrected chi connectivity index (χ0v) is 10.2. The van der Waals surface area contributed by atoms with Gasteiger partial charge in [0.15, 0.2) is 0 Å². The quantitative estimate of drug-likeness (QED) is 0.753. The third-order valence-corrected chi connectivity index (χ3v) is 3.65. The molecule has 0 aliphatic carbocycles. The van der Waals surface area contributed by atoms with Crippen LogP contribution in [-0.2, 0) is 4.79 Å². The average molecular weight is 234 g/mol. The lowest BCUT2D eigenvalue weighted by Gasteiger charge is -2.36. The predicted molar refractivity (Wildman–Crippen MR) is 60.9 cm³/mol. The number of halogens is 1. The van der Waals surface area contributed by atoms with E-state index in [9.17, 15) is 9.90 Å². The molecule has 1 N–H and O–H groups in total. The van der Waals surface area contributed by atoms with E-state index in [1.165, 1.54) is 0 Å². The van der Waals surface area contributed by atoms with Gasteiger partial charge in [0.2, 0.25) is 5.91 Å². The smallest absolute Gasteiger partial charge is 0.240 e. The van der Waals surface area contributed by atoms with E-state index >= 15 is 0 Å². The Hall–Kier alpha value is -0.280. The summed E-state index contributed by atoms with van der Waals surface area (Å²) in [7, 11) is 0. The van der Waals surface area contributed by atoms with E-state index in [1.807, 2.05) is 13.8 Å². The molecule has 0 radical (unpaired) electrons. The molecule has 0 aromatic carbocycles. The van der Waals surface area contributed by atoms with Crippen LogP contribution in [0.4, 0.5) is 0 Å². The molecule has 1 aliphatic heterocycles. The van der Waals surface area contributed by atoms with Crippen molar-refractivity contribution in [2.24, 2.45) is 5.92 Å². The topological polar surface area (TPSA) is 40.5 Å². The molecular weight excluding hydrogens is 214 g/mol. The van der Waals surface area contributed by atoms with Crippen LogP contribution in [0.15, 0.2) is 0 Å². The largest absolute Gasteiger partial charge is 0.393 e. The molecule has 3 nitrogen and oxygen atoms in total. The maximum atomic E-state index is 11.8. The summed E-state index contributed by atoms with van der Waals surface area (Å²) in [5.41, 5.74) is 0. The van der Waals surface area contributed by atoms with Crippen LogP contribution in [-0.4, -0.2) is 40.5 Å². The van der Waals surface area contributed by atoms with Crippen LogP contribution in [0.3, 0.4) is 0 Å². The molecule has 15 heavy (non-hydrogen) atoms. The Labute approximate surface area is 96.4 Å². The lowest BCUT2D eigenvalue weighted by Crippen LogP contribution is -2.48. The van der Waals surface area contributed by atoms with E-state index in [-0.39, 0.29) is 17.9 Å². The van der Waals surface area contributed by atoms with E-state index in [2.05, 4.69) is 0 Å². The highest BCUT2D eigenvalue weighted by Crippen LogP contribution is 2.21. The minimum absolute atomic E-state index is 0.0181. The van der Waals surface area contributed by atoms with Crippen molar-refractivity contribution in [2.45, 2.75) is 44.6 Å².